The lowest BCUT2D eigenvalue weighted by molar-refractivity contribution is 0.214. The van der Waals surface area contributed by atoms with Crippen LogP contribution < -0.4 is 10.9 Å². The fourth-order valence-electron chi connectivity index (χ4n) is 3.01. The zero-order valence-electron chi connectivity index (χ0n) is 12.5. The smallest absolute Gasteiger partial charge is 0.258 e. The van der Waals surface area contributed by atoms with Gasteiger partial charge in [0, 0.05) is 24.8 Å². The SMILES string of the molecule is CN(Cc1cc(=O)n2ccccc2n1)C1CCCNCC1. The minimum atomic E-state index is -0.00784. The van der Waals surface area contributed by atoms with E-state index >= 15 is 0 Å². The molecule has 1 aliphatic rings. The van der Waals surface area contributed by atoms with E-state index in [1.807, 2.05) is 18.2 Å². The molecule has 1 aliphatic heterocycles. The maximum absolute atomic E-state index is 12.1. The van der Waals surface area contributed by atoms with Gasteiger partial charge in [0.05, 0.1) is 5.69 Å². The lowest BCUT2D eigenvalue weighted by Gasteiger charge is -2.26. The number of fused-ring (bicyclic) bond motifs is 1. The minimum Gasteiger partial charge on any atom is -0.317 e. The van der Waals surface area contributed by atoms with Crippen LogP contribution in [-0.4, -0.2) is 40.5 Å². The summed E-state index contributed by atoms with van der Waals surface area (Å²) in [6, 6.07) is 7.85. The first-order valence-electron chi connectivity index (χ1n) is 7.62. The molecule has 0 spiro atoms. The molecule has 2 aromatic heterocycles. The van der Waals surface area contributed by atoms with Gasteiger partial charge in [-0.3, -0.25) is 14.1 Å². The Morgan fingerprint density at radius 2 is 2.29 bits per heavy atom. The summed E-state index contributed by atoms with van der Waals surface area (Å²) in [6.07, 6.45) is 5.33. The van der Waals surface area contributed by atoms with Crippen LogP contribution in [0.15, 0.2) is 35.3 Å². The van der Waals surface area contributed by atoms with Gasteiger partial charge in [-0.25, -0.2) is 4.98 Å². The predicted molar refractivity (Wildman–Crippen MR) is 83.4 cm³/mol. The highest BCUT2D eigenvalue weighted by Crippen LogP contribution is 2.14. The average molecular weight is 286 g/mol. The van der Waals surface area contributed by atoms with Crippen molar-refractivity contribution >= 4 is 5.65 Å². The Morgan fingerprint density at radius 1 is 1.38 bits per heavy atom. The molecule has 5 heteroatoms. The Balaban J connectivity index is 1.79. The van der Waals surface area contributed by atoms with Crippen molar-refractivity contribution in [3.8, 4) is 0 Å². The van der Waals surface area contributed by atoms with Crippen molar-refractivity contribution in [1.82, 2.24) is 19.6 Å². The molecule has 5 nitrogen and oxygen atoms in total. The van der Waals surface area contributed by atoms with Crippen LogP contribution in [0, 0.1) is 0 Å². The van der Waals surface area contributed by atoms with E-state index in [1.165, 1.54) is 12.8 Å². The highest BCUT2D eigenvalue weighted by Gasteiger charge is 2.17. The van der Waals surface area contributed by atoms with Gasteiger partial charge in [-0.15, -0.1) is 0 Å². The van der Waals surface area contributed by atoms with E-state index in [2.05, 4.69) is 22.2 Å². The van der Waals surface area contributed by atoms with Gasteiger partial charge in [-0.2, -0.15) is 0 Å². The van der Waals surface area contributed by atoms with Crippen molar-refractivity contribution in [2.45, 2.75) is 31.8 Å². The first-order valence-corrected chi connectivity index (χ1v) is 7.62. The Bertz CT molecular complexity index is 659. The van der Waals surface area contributed by atoms with Gasteiger partial charge < -0.3 is 5.32 Å². The molecule has 0 aromatic carbocycles. The van der Waals surface area contributed by atoms with Crippen LogP contribution in [0.1, 0.15) is 25.0 Å². The lowest BCUT2D eigenvalue weighted by Crippen LogP contribution is -2.32. The number of pyridine rings is 1. The second-order valence-electron chi connectivity index (χ2n) is 5.76. The summed E-state index contributed by atoms with van der Waals surface area (Å²) in [6.45, 7) is 2.91. The monoisotopic (exact) mass is 286 g/mol. The van der Waals surface area contributed by atoms with Gasteiger partial charge in [0.15, 0.2) is 0 Å². The average Bonchev–Trinajstić information content (AvgIpc) is 2.76. The molecular formula is C16H22N4O. The second kappa shape index (κ2) is 6.37. The standard InChI is InChI=1S/C16H22N4O/c1-19(14-5-4-8-17-9-7-14)12-13-11-16(21)20-10-3-2-6-15(20)18-13/h2-3,6,10-11,14,17H,4-5,7-9,12H2,1H3. The first kappa shape index (κ1) is 14.2. The third kappa shape index (κ3) is 3.31. The molecule has 0 aliphatic carbocycles. The molecule has 112 valence electrons. The van der Waals surface area contributed by atoms with E-state index in [-0.39, 0.29) is 5.56 Å². The lowest BCUT2D eigenvalue weighted by atomic mass is 10.1. The number of nitrogens with zero attached hydrogens (tertiary/aromatic N) is 3. The van der Waals surface area contributed by atoms with Gasteiger partial charge in [0.25, 0.3) is 5.56 Å². The third-order valence-corrected chi connectivity index (χ3v) is 4.20. The molecule has 1 saturated heterocycles. The van der Waals surface area contributed by atoms with Gasteiger partial charge in [-0.1, -0.05) is 6.07 Å². The second-order valence-corrected chi connectivity index (χ2v) is 5.76. The molecule has 0 saturated carbocycles. The van der Waals surface area contributed by atoms with E-state index in [4.69, 9.17) is 0 Å². The summed E-state index contributed by atoms with van der Waals surface area (Å²) in [7, 11) is 2.13. The van der Waals surface area contributed by atoms with Crippen molar-refractivity contribution < 1.29 is 0 Å². The number of aromatic nitrogens is 2. The molecule has 1 unspecified atom stereocenters. The number of hydrogen-bond acceptors (Lipinski definition) is 4. The number of nitrogens with one attached hydrogen (secondary N) is 1. The Hall–Kier alpha value is -1.72. The molecule has 1 fully saturated rings. The molecule has 3 heterocycles. The van der Waals surface area contributed by atoms with Crippen LogP contribution in [0.25, 0.3) is 5.65 Å². The zero-order valence-corrected chi connectivity index (χ0v) is 12.5. The molecular weight excluding hydrogens is 264 g/mol. The summed E-state index contributed by atoms with van der Waals surface area (Å²) in [5.74, 6) is 0. The van der Waals surface area contributed by atoms with Crippen molar-refractivity contribution in [3.63, 3.8) is 0 Å². The van der Waals surface area contributed by atoms with Crippen LogP contribution in [0.2, 0.25) is 0 Å². The first-order chi connectivity index (χ1) is 10.2. The molecule has 0 bridgehead atoms. The van der Waals surface area contributed by atoms with Gasteiger partial charge in [-0.05, 0) is 51.5 Å². The zero-order chi connectivity index (χ0) is 14.7. The maximum atomic E-state index is 12.1. The molecule has 1 N–H and O–H groups in total. The topological polar surface area (TPSA) is 49.6 Å². The quantitative estimate of drug-likeness (QED) is 0.923. The maximum Gasteiger partial charge on any atom is 0.258 e. The highest BCUT2D eigenvalue weighted by atomic mass is 16.1. The molecule has 2 aromatic rings. The van der Waals surface area contributed by atoms with Crippen molar-refractivity contribution in [2.24, 2.45) is 0 Å². The Morgan fingerprint density at radius 3 is 3.19 bits per heavy atom. The van der Waals surface area contributed by atoms with Gasteiger partial charge in [0.2, 0.25) is 0 Å². The number of rotatable bonds is 3. The fourth-order valence-corrected chi connectivity index (χ4v) is 3.01. The van der Waals surface area contributed by atoms with Crippen LogP contribution in [0.4, 0.5) is 0 Å². The van der Waals surface area contributed by atoms with Crippen molar-refractivity contribution in [2.75, 3.05) is 20.1 Å². The highest BCUT2D eigenvalue weighted by molar-refractivity contribution is 5.37. The van der Waals surface area contributed by atoms with Crippen LogP contribution in [0.3, 0.4) is 0 Å². The molecule has 3 rings (SSSR count). The molecule has 1 atom stereocenters. The summed E-state index contributed by atoms with van der Waals surface area (Å²) in [5.41, 5.74) is 1.56. The van der Waals surface area contributed by atoms with Crippen molar-refractivity contribution in [3.05, 3.63) is 46.5 Å². The normalized spacial score (nSPS) is 19.8. The minimum absolute atomic E-state index is 0.00784. The molecule has 0 amide bonds. The van der Waals surface area contributed by atoms with E-state index in [9.17, 15) is 4.79 Å². The predicted octanol–water partition coefficient (Wildman–Crippen LogP) is 1.27. The van der Waals surface area contributed by atoms with Gasteiger partial charge in [0.1, 0.15) is 5.65 Å². The fraction of sp³-hybridized carbons (Fsp3) is 0.500. The van der Waals surface area contributed by atoms with E-state index in [0.717, 1.165) is 37.4 Å². The Kier molecular flexibility index (Phi) is 4.31. The molecule has 0 radical (unpaired) electrons. The van der Waals surface area contributed by atoms with Crippen LogP contribution in [0.5, 0.6) is 0 Å². The summed E-state index contributed by atoms with van der Waals surface area (Å²) >= 11 is 0. The Labute approximate surface area is 124 Å². The van der Waals surface area contributed by atoms with E-state index in [1.54, 1.807) is 16.7 Å². The summed E-state index contributed by atoms with van der Waals surface area (Å²) in [4.78, 5) is 19.0. The largest absolute Gasteiger partial charge is 0.317 e. The van der Waals surface area contributed by atoms with E-state index < -0.39 is 0 Å². The van der Waals surface area contributed by atoms with Crippen molar-refractivity contribution in [1.29, 1.82) is 0 Å². The third-order valence-electron chi connectivity index (χ3n) is 4.20. The van der Waals surface area contributed by atoms with Crippen LogP contribution in [-0.2, 0) is 6.54 Å². The number of hydrogen-bond donors (Lipinski definition) is 1. The van der Waals surface area contributed by atoms with Gasteiger partial charge >= 0.3 is 0 Å². The molecule has 21 heavy (non-hydrogen) atoms. The van der Waals surface area contributed by atoms with E-state index in [0.29, 0.717) is 6.04 Å². The van der Waals surface area contributed by atoms with Crippen LogP contribution >= 0.6 is 0 Å². The summed E-state index contributed by atoms with van der Waals surface area (Å²) < 4.78 is 1.58. The summed E-state index contributed by atoms with van der Waals surface area (Å²) in [5, 5.41) is 3.43.